The van der Waals surface area contributed by atoms with E-state index in [1.54, 1.807) is 0 Å². The maximum atomic E-state index is 11.8. The van der Waals surface area contributed by atoms with Gasteiger partial charge in [0.05, 0.1) is 23.9 Å². The van der Waals surface area contributed by atoms with Gasteiger partial charge >= 0.3 is 18.0 Å². The number of rotatable bonds is 4. The first-order valence-corrected chi connectivity index (χ1v) is 10.2. The van der Waals surface area contributed by atoms with Gasteiger partial charge < -0.3 is 20.1 Å². The SMILES string of the molecule is CNC(=O)NC(=O)CN1CCC(Cn2cnc3cc(C)c(C)cc32)CC1.O=C(O)C(=O)O. The molecule has 0 saturated carbocycles. The van der Waals surface area contributed by atoms with Crippen LogP contribution in [0.4, 0.5) is 4.79 Å². The summed E-state index contributed by atoms with van der Waals surface area (Å²) >= 11 is 0. The van der Waals surface area contributed by atoms with Crippen LogP contribution in [0.2, 0.25) is 0 Å². The van der Waals surface area contributed by atoms with Crippen molar-refractivity contribution in [1.29, 1.82) is 0 Å². The first-order chi connectivity index (χ1) is 15.1. The second-order valence-corrected chi connectivity index (χ2v) is 7.78. The molecule has 1 saturated heterocycles. The van der Waals surface area contributed by atoms with Crippen LogP contribution in [0.1, 0.15) is 24.0 Å². The van der Waals surface area contributed by atoms with Crippen LogP contribution in [0.25, 0.3) is 11.0 Å². The topological polar surface area (TPSA) is 154 Å². The minimum Gasteiger partial charge on any atom is -0.473 e. The van der Waals surface area contributed by atoms with Crippen LogP contribution in [0, 0.1) is 19.8 Å². The summed E-state index contributed by atoms with van der Waals surface area (Å²) in [6, 6.07) is 3.91. The van der Waals surface area contributed by atoms with E-state index in [4.69, 9.17) is 19.8 Å². The number of hydrogen-bond acceptors (Lipinski definition) is 6. The highest BCUT2D eigenvalue weighted by atomic mass is 16.4. The van der Waals surface area contributed by atoms with Crippen LogP contribution in [0.15, 0.2) is 18.5 Å². The molecule has 3 rings (SSSR count). The van der Waals surface area contributed by atoms with Crippen LogP contribution < -0.4 is 10.6 Å². The molecule has 0 bridgehead atoms. The molecule has 11 heteroatoms. The molecule has 1 fully saturated rings. The highest BCUT2D eigenvalue weighted by Gasteiger charge is 2.22. The molecule has 1 aromatic carbocycles. The zero-order valence-electron chi connectivity index (χ0n) is 18.4. The van der Waals surface area contributed by atoms with E-state index in [9.17, 15) is 9.59 Å². The van der Waals surface area contributed by atoms with Gasteiger partial charge in [-0.2, -0.15) is 0 Å². The smallest absolute Gasteiger partial charge is 0.414 e. The molecule has 3 amide bonds. The van der Waals surface area contributed by atoms with E-state index in [1.807, 2.05) is 6.33 Å². The minimum absolute atomic E-state index is 0.255. The van der Waals surface area contributed by atoms with Crippen molar-refractivity contribution >= 4 is 34.9 Å². The third-order valence-electron chi connectivity index (χ3n) is 5.43. The summed E-state index contributed by atoms with van der Waals surface area (Å²) in [4.78, 5) is 47.8. The highest BCUT2D eigenvalue weighted by Crippen LogP contribution is 2.23. The lowest BCUT2D eigenvalue weighted by Gasteiger charge is -2.31. The number of aromatic nitrogens is 2. The molecule has 2 heterocycles. The fourth-order valence-corrected chi connectivity index (χ4v) is 3.50. The van der Waals surface area contributed by atoms with Gasteiger partial charge in [0.2, 0.25) is 5.91 Å². The Labute approximate surface area is 185 Å². The molecule has 0 spiro atoms. The number of likely N-dealkylation sites (tertiary alicyclic amines) is 1. The molecule has 0 atom stereocenters. The zero-order chi connectivity index (χ0) is 23.8. The number of aryl methyl sites for hydroxylation is 2. The Kier molecular flexibility index (Phi) is 8.71. The average Bonchev–Trinajstić information content (AvgIpc) is 3.11. The number of imidazole rings is 1. The van der Waals surface area contributed by atoms with Gasteiger partial charge in [0, 0.05) is 13.6 Å². The van der Waals surface area contributed by atoms with Crippen LogP contribution in [0.5, 0.6) is 0 Å². The molecule has 0 radical (unpaired) electrons. The molecule has 174 valence electrons. The zero-order valence-corrected chi connectivity index (χ0v) is 18.4. The molecule has 11 nitrogen and oxygen atoms in total. The summed E-state index contributed by atoms with van der Waals surface area (Å²) in [5.41, 5.74) is 4.80. The van der Waals surface area contributed by atoms with Crippen molar-refractivity contribution < 1.29 is 29.4 Å². The van der Waals surface area contributed by atoms with Gasteiger partial charge in [-0.3, -0.25) is 15.0 Å². The van der Waals surface area contributed by atoms with Crippen molar-refractivity contribution in [2.24, 2.45) is 5.92 Å². The number of carboxylic acid groups (broad SMARTS) is 2. The monoisotopic (exact) mass is 447 g/mol. The summed E-state index contributed by atoms with van der Waals surface area (Å²) in [5, 5.41) is 19.5. The van der Waals surface area contributed by atoms with E-state index in [0.29, 0.717) is 5.92 Å². The standard InChI is InChI=1S/C19H27N5O2.C2H2O4/c1-13-8-16-17(9-14(13)2)24(12-21-16)10-15-4-6-23(7-5-15)11-18(25)22-19(26)20-3;3-1(4)2(5)6/h8-9,12,15H,4-7,10-11H2,1-3H3,(H2,20,22,25,26);(H,3,4)(H,5,6). The van der Waals surface area contributed by atoms with E-state index in [-0.39, 0.29) is 12.5 Å². The predicted octanol–water partition coefficient (Wildman–Crippen LogP) is 0.976. The van der Waals surface area contributed by atoms with Crippen molar-refractivity contribution in [1.82, 2.24) is 25.1 Å². The fourth-order valence-electron chi connectivity index (χ4n) is 3.50. The Bertz CT molecular complexity index is 982. The lowest BCUT2D eigenvalue weighted by molar-refractivity contribution is -0.159. The fraction of sp³-hybridized carbons (Fsp3) is 0.476. The number of carbonyl (C=O) groups is 4. The Hall–Kier alpha value is -3.47. The minimum atomic E-state index is -1.82. The van der Waals surface area contributed by atoms with Crippen LogP contribution in [-0.4, -0.2) is 75.2 Å². The predicted molar refractivity (Wildman–Crippen MR) is 116 cm³/mol. The first-order valence-electron chi connectivity index (χ1n) is 10.2. The van der Waals surface area contributed by atoms with Crippen LogP contribution in [-0.2, 0) is 20.9 Å². The second-order valence-electron chi connectivity index (χ2n) is 7.78. The Morgan fingerprint density at radius 1 is 1.06 bits per heavy atom. The van der Waals surface area contributed by atoms with E-state index < -0.39 is 18.0 Å². The van der Waals surface area contributed by atoms with Crippen LogP contribution in [0.3, 0.4) is 0 Å². The third-order valence-corrected chi connectivity index (χ3v) is 5.43. The number of hydrogen-bond donors (Lipinski definition) is 4. The molecule has 4 N–H and O–H groups in total. The first kappa shape index (κ1) is 24.8. The number of fused-ring (bicyclic) bond motifs is 1. The maximum Gasteiger partial charge on any atom is 0.414 e. The Balaban J connectivity index is 0.000000534. The van der Waals surface area contributed by atoms with Crippen molar-refractivity contribution in [2.75, 3.05) is 26.7 Å². The molecule has 0 aliphatic carbocycles. The number of carboxylic acids is 2. The Morgan fingerprint density at radius 2 is 1.66 bits per heavy atom. The molecule has 1 aliphatic heterocycles. The quantitative estimate of drug-likeness (QED) is 0.506. The van der Waals surface area contributed by atoms with Crippen molar-refractivity contribution in [3.05, 3.63) is 29.6 Å². The van der Waals surface area contributed by atoms with Gasteiger partial charge in [-0.05, 0) is 69.0 Å². The molecular weight excluding hydrogens is 418 g/mol. The van der Waals surface area contributed by atoms with E-state index in [2.05, 4.69) is 51.1 Å². The number of urea groups is 1. The maximum absolute atomic E-state index is 11.8. The van der Waals surface area contributed by atoms with Gasteiger partial charge in [0.25, 0.3) is 0 Å². The molecule has 1 aromatic heterocycles. The third kappa shape index (κ3) is 7.05. The van der Waals surface area contributed by atoms with Crippen molar-refractivity contribution in [3.63, 3.8) is 0 Å². The largest absolute Gasteiger partial charge is 0.473 e. The molecule has 1 aliphatic rings. The Morgan fingerprint density at radius 3 is 2.22 bits per heavy atom. The number of benzene rings is 1. The number of nitrogens with zero attached hydrogens (tertiary/aromatic N) is 3. The van der Waals surface area contributed by atoms with Gasteiger partial charge in [-0.15, -0.1) is 0 Å². The van der Waals surface area contributed by atoms with Gasteiger partial charge in [-0.25, -0.2) is 19.4 Å². The number of aliphatic carboxylic acids is 2. The van der Waals surface area contributed by atoms with E-state index in [1.165, 1.54) is 23.7 Å². The summed E-state index contributed by atoms with van der Waals surface area (Å²) in [7, 11) is 1.50. The van der Waals surface area contributed by atoms with Crippen molar-refractivity contribution in [2.45, 2.75) is 33.2 Å². The molecular formula is C21H29N5O6. The molecule has 2 aromatic rings. The van der Waals surface area contributed by atoms with Gasteiger partial charge in [0.1, 0.15) is 0 Å². The number of nitrogens with one attached hydrogen (secondary N) is 2. The summed E-state index contributed by atoms with van der Waals surface area (Å²) in [6.07, 6.45) is 4.02. The number of imide groups is 1. The van der Waals surface area contributed by atoms with Gasteiger partial charge in [0.15, 0.2) is 0 Å². The summed E-state index contributed by atoms with van der Waals surface area (Å²) in [6.45, 7) is 7.22. The number of carbonyl (C=O) groups excluding carboxylic acids is 2. The van der Waals surface area contributed by atoms with Crippen molar-refractivity contribution in [3.8, 4) is 0 Å². The summed E-state index contributed by atoms with van der Waals surface area (Å²) in [5.74, 6) is -3.33. The lowest BCUT2D eigenvalue weighted by atomic mass is 9.96. The number of amides is 3. The second kappa shape index (κ2) is 11.2. The molecule has 32 heavy (non-hydrogen) atoms. The highest BCUT2D eigenvalue weighted by molar-refractivity contribution is 6.27. The summed E-state index contributed by atoms with van der Waals surface area (Å²) < 4.78 is 2.25. The van der Waals surface area contributed by atoms with E-state index >= 15 is 0 Å². The van der Waals surface area contributed by atoms with Gasteiger partial charge in [-0.1, -0.05) is 0 Å². The average molecular weight is 447 g/mol. The normalized spacial score (nSPS) is 14.3. The lowest BCUT2D eigenvalue weighted by Crippen LogP contribution is -2.45. The molecule has 0 unspecified atom stereocenters. The number of piperidine rings is 1. The van der Waals surface area contributed by atoms with E-state index in [0.717, 1.165) is 38.0 Å². The van der Waals surface area contributed by atoms with Crippen LogP contribution >= 0.6 is 0 Å².